The van der Waals surface area contributed by atoms with Crippen molar-refractivity contribution >= 4 is 26.8 Å². The summed E-state index contributed by atoms with van der Waals surface area (Å²) in [5.74, 6) is 0.839. The lowest BCUT2D eigenvalue weighted by Crippen LogP contribution is -1.93. The summed E-state index contributed by atoms with van der Waals surface area (Å²) >= 11 is 3.35. The van der Waals surface area contributed by atoms with Crippen molar-refractivity contribution in [2.45, 2.75) is 6.92 Å². The molecule has 0 aliphatic rings. The van der Waals surface area contributed by atoms with Crippen LogP contribution in [0, 0.1) is 0 Å². The van der Waals surface area contributed by atoms with Crippen LogP contribution in [0.3, 0.4) is 0 Å². The summed E-state index contributed by atoms with van der Waals surface area (Å²) < 4.78 is 6.32. The highest BCUT2D eigenvalue weighted by Crippen LogP contribution is 2.25. The molecule has 0 fully saturated rings. The van der Waals surface area contributed by atoms with E-state index in [4.69, 9.17) is 4.74 Å². The van der Waals surface area contributed by atoms with Crippen molar-refractivity contribution in [2.75, 3.05) is 6.61 Å². The molecule has 0 aliphatic carbocycles. The van der Waals surface area contributed by atoms with Gasteiger partial charge in [-0.05, 0) is 41.1 Å². The standard InChI is InChI=1S/C11H10BrNO/c1-2-14-9-5-3-4-8-6-7-10(12)13-11(8)9/h3-7H,2H2,1H3. The zero-order valence-corrected chi connectivity index (χ0v) is 9.41. The predicted molar refractivity (Wildman–Crippen MR) is 60.6 cm³/mol. The fourth-order valence-corrected chi connectivity index (χ4v) is 1.68. The van der Waals surface area contributed by atoms with Gasteiger partial charge in [-0.1, -0.05) is 12.1 Å². The van der Waals surface area contributed by atoms with E-state index in [2.05, 4.69) is 20.9 Å². The second kappa shape index (κ2) is 3.96. The van der Waals surface area contributed by atoms with Crippen LogP contribution in [0.5, 0.6) is 5.75 Å². The van der Waals surface area contributed by atoms with Crippen molar-refractivity contribution in [3.63, 3.8) is 0 Å². The molecule has 1 heterocycles. The number of pyridine rings is 1. The molecule has 2 aromatic rings. The first kappa shape index (κ1) is 9.46. The highest BCUT2D eigenvalue weighted by atomic mass is 79.9. The van der Waals surface area contributed by atoms with Gasteiger partial charge < -0.3 is 4.74 Å². The minimum atomic E-state index is 0.660. The Balaban J connectivity index is 2.64. The number of aromatic nitrogens is 1. The number of halogens is 1. The zero-order valence-electron chi connectivity index (χ0n) is 7.83. The maximum absolute atomic E-state index is 5.49. The monoisotopic (exact) mass is 251 g/mol. The molecular formula is C11H10BrNO. The molecule has 0 N–H and O–H groups in total. The van der Waals surface area contributed by atoms with Gasteiger partial charge in [-0.15, -0.1) is 0 Å². The summed E-state index contributed by atoms with van der Waals surface area (Å²) in [5.41, 5.74) is 0.906. The fraction of sp³-hybridized carbons (Fsp3) is 0.182. The maximum Gasteiger partial charge on any atom is 0.145 e. The molecule has 0 radical (unpaired) electrons. The average Bonchev–Trinajstić information content (AvgIpc) is 2.19. The largest absolute Gasteiger partial charge is 0.492 e. The fourth-order valence-electron chi connectivity index (χ4n) is 1.37. The Morgan fingerprint density at radius 3 is 2.93 bits per heavy atom. The van der Waals surface area contributed by atoms with Crippen LogP contribution in [0.1, 0.15) is 6.92 Å². The highest BCUT2D eigenvalue weighted by molar-refractivity contribution is 9.10. The Labute approximate surface area is 91.0 Å². The van der Waals surface area contributed by atoms with E-state index in [1.807, 2.05) is 37.3 Å². The second-order valence-corrected chi connectivity index (χ2v) is 3.71. The summed E-state index contributed by atoms with van der Waals surface area (Å²) in [6, 6.07) is 9.89. The number of nitrogens with zero attached hydrogens (tertiary/aromatic N) is 1. The number of benzene rings is 1. The van der Waals surface area contributed by atoms with Crippen LogP contribution in [0.15, 0.2) is 34.9 Å². The lowest BCUT2D eigenvalue weighted by molar-refractivity contribution is 0.343. The first-order valence-corrected chi connectivity index (χ1v) is 5.28. The maximum atomic E-state index is 5.49. The number of rotatable bonds is 2. The lowest BCUT2D eigenvalue weighted by atomic mass is 10.2. The number of para-hydroxylation sites is 1. The van der Waals surface area contributed by atoms with E-state index in [0.29, 0.717) is 6.61 Å². The van der Waals surface area contributed by atoms with Crippen molar-refractivity contribution in [2.24, 2.45) is 0 Å². The molecule has 0 bridgehead atoms. The quantitative estimate of drug-likeness (QED) is 0.764. The first-order valence-electron chi connectivity index (χ1n) is 4.49. The van der Waals surface area contributed by atoms with Crippen molar-refractivity contribution in [3.8, 4) is 5.75 Å². The third-order valence-corrected chi connectivity index (χ3v) is 2.39. The molecule has 3 heteroatoms. The van der Waals surface area contributed by atoms with Crippen molar-refractivity contribution in [1.82, 2.24) is 4.98 Å². The van der Waals surface area contributed by atoms with Gasteiger partial charge in [0.2, 0.25) is 0 Å². The molecule has 2 rings (SSSR count). The Morgan fingerprint density at radius 2 is 2.14 bits per heavy atom. The van der Waals surface area contributed by atoms with Gasteiger partial charge in [0.15, 0.2) is 0 Å². The van der Waals surface area contributed by atoms with Crippen LogP contribution in [0.4, 0.5) is 0 Å². The minimum absolute atomic E-state index is 0.660. The van der Waals surface area contributed by atoms with E-state index in [1.165, 1.54) is 0 Å². The van der Waals surface area contributed by atoms with Crippen LogP contribution in [-0.4, -0.2) is 11.6 Å². The topological polar surface area (TPSA) is 22.1 Å². The molecule has 0 unspecified atom stereocenters. The van der Waals surface area contributed by atoms with Crippen molar-refractivity contribution in [3.05, 3.63) is 34.9 Å². The van der Waals surface area contributed by atoms with Gasteiger partial charge in [0.1, 0.15) is 15.9 Å². The molecule has 0 saturated heterocycles. The molecule has 0 aliphatic heterocycles. The molecule has 1 aromatic carbocycles. The van der Waals surface area contributed by atoms with Crippen LogP contribution in [0.25, 0.3) is 10.9 Å². The zero-order chi connectivity index (χ0) is 9.97. The SMILES string of the molecule is CCOc1cccc2ccc(Br)nc12. The van der Waals surface area contributed by atoms with Gasteiger partial charge in [-0.2, -0.15) is 0 Å². The number of hydrogen-bond donors (Lipinski definition) is 0. The molecule has 0 saturated carbocycles. The van der Waals surface area contributed by atoms with Crippen LogP contribution < -0.4 is 4.74 Å². The smallest absolute Gasteiger partial charge is 0.145 e. The predicted octanol–water partition coefficient (Wildman–Crippen LogP) is 3.40. The average molecular weight is 252 g/mol. The number of ether oxygens (including phenoxy) is 1. The van der Waals surface area contributed by atoms with E-state index in [0.717, 1.165) is 21.3 Å². The van der Waals surface area contributed by atoms with E-state index in [9.17, 15) is 0 Å². The van der Waals surface area contributed by atoms with Crippen LogP contribution in [-0.2, 0) is 0 Å². The van der Waals surface area contributed by atoms with Gasteiger partial charge in [-0.25, -0.2) is 4.98 Å². The summed E-state index contributed by atoms with van der Waals surface area (Å²) in [6.45, 7) is 2.63. The molecular weight excluding hydrogens is 242 g/mol. The third kappa shape index (κ3) is 1.73. The van der Waals surface area contributed by atoms with Crippen LogP contribution in [0.2, 0.25) is 0 Å². The van der Waals surface area contributed by atoms with E-state index in [1.54, 1.807) is 0 Å². The Morgan fingerprint density at radius 1 is 1.29 bits per heavy atom. The molecule has 0 amide bonds. The second-order valence-electron chi connectivity index (χ2n) is 2.89. The molecule has 14 heavy (non-hydrogen) atoms. The Kier molecular flexibility index (Phi) is 2.68. The highest BCUT2D eigenvalue weighted by Gasteiger charge is 2.02. The summed E-state index contributed by atoms with van der Waals surface area (Å²) in [7, 11) is 0. The molecule has 72 valence electrons. The first-order chi connectivity index (χ1) is 6.81. The third-order valence-electron chi connectivity index (χ3n) is 1.95. The van der Waals surface area contributed by atoms with E-state index < -0.39 is 0 Å². The number of fused-ring (bicyclic) bond motifs is 1. The molecule has 1 aromatic heterocycles. The molecule has 0 spiro atoms. The van der Waals surface area contributed by atoms with Crippen LogP contribution >= 0.6 is 15.9 Å². The Bertz CT molecular complexity index is 456. The van der Waals surface area contributed by atoms with Gasteiger partial charge in [-0.3, -0.25) is 0 Å². The van der Waals surface area contributed by atoms with Gasteiger partial charge in [0.25, 0.3) is 0 Å². The normalized spacial score (nSPS) is 10.4. The molecule has 2 nitrogen and oxygen atoms in total. The Hall–Kier alpha value is -1.09. The minimum Gasteiger partial charge on any atom is -0.492 e. The molecule has 0 atom stereocenters. The number of hydrogen-bond acceptors (Lipinski definition) is 2. The lowest BCUT2D eigenvalue weighted by Gasteiger charge is -2.06. The summed E-state index contributed by atoms with van der Waals surface area (Å²) in [6.07, 6.45) is 0. The van der Waals surface area contributed by atoms with E-state index >= 15 is 0 Å². The van der Waals surface area contributed by atoms with Crippen molar-refractivity contribution in [1.29, 1.82) is 0 Å². The van der Waals surface area contributed by atoms with Gasteiger partial charge >= 0.3 is 0 Å². The summed E-state index contributed by atoms with van der Waals surface area (Å²) in [5, 5.41) is 1.10. The van der Waals surface area contributed by atoms with E-state index in [-0.39, 0.29) is 0 Å². The summed E-state index contributed by atoms with van der Waals surface area (Å²) in [4.78, 5) is 4.39. The van der Waals surface area contributed by atoms with Gasteiger partial charge in [0.05, 0.1) is 6.61 Å². The van der Waals surface area contributed by atoms with Crippen molar-refractivity contribution < 1.29 is 4.74 Å². The van der Waals surface area contributed by atoms with Gasteiger partial charge in [0, 0.05) is 5.39 Å².